The van der Waals surface area contributed by atoms with E-state index in [1.807, 2.05) is 0 Å². The SMILES string of the molecule is CCOC(=O)C(F)N1C(=O)C(=O)c2ccc(F)cc21. The molecule has 0 fully saturated rings. The Hall–Kier alpha value is -2.31. The van der Waals surface area contributed by atoms with Crippen LogP contribution < -0.4 is 4.90 Å². The Morgan fingerprint density at radius 1 is 1.42 bits per heavy atom. The smallest absolute Gasteiger partial charge is 0.362 e. The monoisotopic (exact) mass is 269 g/mol. The zero-order chi connectivity index (χ0) is 14.2. The lowest BCUT2D eigenvalue weighted by molar-refractivity contribution is -0.150. The predicted molar refractivity (Wildman–Crippen MR) is 59.7 cm³/mol. The summed E-state index contributed by atoms with van der Waals surface area (Å²) in [5.74, 6) is -4.26. The molecule has 0 saturated heterocycles. The predicted octanol–water partition coefficient (Wildman–Crippen LogP) is 1.21. The summed E-state index contributed by atoms with van der Waals surface area (Å²) in [6, 6.07) is 2.87. The number of hydrogen-bond donors (Lipinski definition) is 0. The van der Waals surface area contributed by atoms with Crippen LogP contribution in [0.15, 0.2) is 18.2 Å². The molecule has 1 amide bonds. The topological polar surface area (TPSA) is 63.7 Å². The molecule has 19 heavy (non-hydrogen) atoms. The number of nitrogens with zero attached hydrogens (tertiary/aromatic N) is 1. The van der Waals surface area contributed by atoms with Crippen molar-refractivity contribution in [3.05, 3.63) is 29.6 Å². The molecule has 1 aliphatic heterocycles. The molecule has 1 aliphatic rings. The van der Waals surface area contributed by atoms with Gasteiger partial charge in [-0.3, -0.25) is 14.5 Å². The van der Waals surface area contributed by atoms with Crippen molar-refractivity contribution < 1.29 is 27.9 Å². The van der Waals surface area contributed by atoms with Crippen molar-refractivity contribution in [1.29, 1.82) is 0 Å². The van der Waals surface area contributed by atoms with E-state index in [0.717, 1.165) is 18.2 Å². The fraction of sp³-hybridized carbons (Fsp3) is 0.250. The average molecular weight is 269 g/mol. The minimum absolute atomic E-state index is 0.0781. The van der Waals surface area contributed by atoms with Gasteiger partial charge in [-0.05, 0) is 25.1 Å². The van der Waals surface area contributed by atoms with Crippen LogP contribution in [0.1, 0.15) is 17.3 Å². The van der Waals surface area contributed by atoms with E-state index in [2.05, 4.69) is 4.74 Å². The van der Waals surface area contributed by atoms with E-state index in [9.17, 15) is 23.2 Å². The molecule has 0 aromatic heterocycles. The van der Waals surface area contributed by atoms with Gasteiger partial charge in [0, 0.05) is 0 Å². The maximum Gasteiger partial charge on any atom is 0.362 e. The Bertz CT molecular complexity index is 573. The summed E-state index contributed by atoms with van der Waals surface area (Å²) in [5, 5.41) is 0. The third-order valence-electron chi connectivity index (χ3n) is 2.58. The molecule has 7 heteroatoms. The van der Waals surface area contributed by atoms with Crippen LogP contribution in [0.2, 0.25) is 0 Å². The van der Waals surface area contributed by atoms with Gasteiger partial charge >= 0.3 is 11.9 Å². The van der Waals surface area contributed by atoms with E-state index in [4.69, 9.17) is 0 Å². The molecule has 1 heterocycles. The van der Waals surface area contributed by atoms with E-state index < -0.39 is 29.8 Å². The van der Waals surface area contributed by atoms with Gasteiger partial charge in [0.25, 0.3) is 12.1 Å². The number of alkyl halides is 1. The number of amides is 1. The average Bonchev–Trinajstić information content (AvgIpc) is 2.61. The van der Waals surface area contributed by atoms with Crippen LogP contribution in [0.5, 0.6) is 0 Å². The van der Waals surface area contributed by atoms with Crippen molar-refractivity contribution in [3.8, 4) is 0 Å². The second kappa shape index (κ2) is 4.75. The molecule has 2 rings (SSSR count). The molecule has 1 unspecified atom stereocenters. The van der Waals surface area contributed by atoms with Crippen LogP contribution >= 0.6 is 0 Å². The van der Waals surface area contributed by atoms with Crippen LogP contribution in [0.3, 0.4) is 0 Å². The Kier molecular flexibility index (Phi) is 3.28. The Balaban J connectivity index is 2.42. The van der Waals surface area contributed by atoms with Gasteiger partial charge in [-0.15, -0.1) is 0 Å². The highest BCUT2D eigenvalue weighted by Gasteiger charge is 2.43. The number of ether oxygens (including phenoxy) is 1. The molecule has 0 aliphatic carbocycles. The molecular weight excluding hydrogens is 260 g/mol. The third-order valence-corrected chi connectivity index (χ3v) is 2.58. The van der Waals surface area contributed by atoms with Gasteiger partial charge in [-0.2, -0.15) is 0 Å². The maximum atomic E-state index is 13.9. The van der Waals surface area contributed by atoms with Gasteiger partial charge in [0.15, 0.2) is 0 Å². The first-order valence-corrected chi connectivity index (χ1v) is 5.45. The van der Waals surface area contributed by atoms with Crippen LogP contribution in [0.25, 0.3) is 0 Å². The number of anilines is 1. The summed E-state index contributed by atoms with van der Waals surface area (Å²) in [7, 11) is 0. The first kappa shape index (κ1) is 13.1. The van der Waals surface area contributed by atoms with Crippen LogP contribution in [-0.2, 0) is 14.3 Å². The molecule has 1 aromatic carbocycles. The maximum absolute atomic E-state index is 13.9. The molecule has 0 bridgehead atoms. The molecular formula is C12H9F2NO4. The standard InChI is InChI=1S/C12H9F2NO4/c1-2-19-12(18)10(14)15-8-5-6(13)3-4-7(8)9(16)11(15)17/h3-5,10H,2H2,1H3. The second-order valence-electron chi connectivity index (χ2n) is 3.75. The van der Waals surface area contributed by atoms with Gasteiger partial charge < -0.3 is 4.74 Å². The summed E-state index contributed by atoms with van der Waals surface area (Å²) in [6.45, 7) is 1.39. The van der Waals surface area contributed by atoms with Gasteiger partial charge in [0.1, 0.15) is 5.82 Å². The van der Waals surface area contributed by atoms with Gasteiger partial charge in [-0.1, -0.05) is 0 Å². The van der Waals surface area contributed by atoms with Crippen molar-refractivity contribution in [2.24, 2.45) is 0 Å². The van der Waals surface area contributed by atoms with E-state index in [-0.39, 0.29) is 17.9 Å². The summed E-state index contributed by atoms with van der Waals surface area (Å²) >= 11 is 0. The van der Waals surface area contributed by atoms with E-state index >= 15 is 0 Å². The number of esters is 1. The Morgan fingerprint density at radius 2 is 2.11 bits per heavy atom. The number of ketones is 1. The molecule has 100 valence electrons. The third kappa shape index (κ3) is 2.07. The highest BCUT2D eigenvalue weighted by molar-refractivity contribution is 6.52. The number of carbonyl (C=O) groups excluding carboxylic acids is 3. The molecule has 0 radical (unpaired) electrons. The van der Waals surface area contributed by atoms with Crippen molar-refractivity contribution in [2.45, 2.75) is 13.2 Å². The molecule has 1 atom stereocenters. The van der Waals surface area contributed by atoms with Crippen LogP contribution in [-0.4, -0.2) is 30.6 Å². The van der Waals surface area contributed by atoms with E-state index in [0.29, 0.717) is 4.90 Å². The molecule has 5 nitrogen and oxygen atoms in total. The van der Waals surface area contributed by atoms with Crippen molar-refractivity contribution in [3.63, 3.8) is 0 Å². The van der Waals surface area contributed by atoms with Crippen LogP contribution in [0.4, 0.5) is 14.5 Å². The van der Waals surface area contributed by atoms with Crippen molar-refractivity contribution in [1.82, 2.24) is 0 Å². The fourth-order valence-electron chi connectivity index (χ4n) is 1.77. The van der Waals surface area contributed by atoms with Crippen molar-refractivity contribution >= 4 is 23.3 Å². The molecule has 1 aromatic rings. The number of fused-ring (bicyclic) bond motifs is 1. The zero-order valence-corrected chi connectivity index (χ0v) is 9.85. The molecule has 0 N–H and O–H groups in total. The summed E-state index contributed by atoms with van der Waals surface area (Å²) in [4.78, 5) is 34.8. The number of hydrogen-bond acceptors (Lipinski definition) is 4. The van der Waals surface area contributed by atoms with Gasteiger partial charge in [0.05, 0.1) is 17.9 Å². The first-order valence-electron chi connectivity index (χ1n) is 5.45. The van der Waals surface area contributed by atoms with E-state index in [1.165, 1.54) is 6.92 Å². The quantitative estimate of drug-likeness (QED) is 0.470. The lowest BCUT2D eigenvalue weighted by Crippen LogP contribution is -2.42. The first-order chi connectivity index (χ1) is 8.97. The normalized spacial score (nSPS) is 15.4. The fourth-order valence-corrected chi connectivity index (χ4v) is 1.77. The number of Topliss-reactive ketones (excluding diaryl/α,β-unsaturated/α-hetero) is 1. The number of carbonyl (C=O) groups is 3. The summed E-state index contributed by atoms with van der Waals surface area (Å²) < 4.78 is 31.4. The van der Waals surface area contributed by atoms with Gasteiger partial charge in [0.2, 0.25) is 0 Å². The minimum atomic E-state index is -2.47. The summed E-state index contributed by atoms with van der Waals surface area (Å²) in [6.07, 6.45) is -2.47. The highest BCUT2D eigenvalue weighted by Crippen LogP contribution is 2.31. The largest absolute Gasteiger partial charge is 0.462 e. The highest BCUT2D eigenvalue weighted by atomic mass is 19.1. The lowest BCUT2D eigenvalue weighted by atomic mass is 10.1. The Morgan fingerprint density at radius 3 is 2.74 bits per heavy atom. The lowest BCUT2D eigenvalue weighted by Gasteiger charge is -2.19. The molecule has 0 saturated carbocycles. The van der Waals surface area contributed by atoms with Gasteiger partial charge in [-0.25, -0.2) is 13.6 Å². The minimum Gasteiger partial charge on any atom is -0.462 e. The number of halogens is 2. The Labute approximate surface area is 106 Å². The van der Waals surface area contributed by atoms with E-state index in [1.54, 1.807) is 0 Å². The van der Waals surface area contributed by atoms with Crippen LogP contribution in [0, 0.1) is 5.82 Å². The van der Waals surface area contributed by atoms with Crippen molar-refractivity contribution in [2.75, 3.05) is 11.5 Å². The summed E-state index contributed by atoms with van der Waals surface area (Å²) in [5.41, 5.74) is -0.408. The zero-order valence-electron chi connectivity index (χ0n) is 9.85. The second-order valence-corrected chi connectivity index (χ2v) is 3.75. The number of benzene rings is 1. The number of rotatable bonds is 3. The molecule has 0 spiro atoms.